The van der Waals surface area contributed by atoms with Crippen molar-refractivity contribution in [2.75, 3.05) is 10.2 Å². The number of hydrogen-bond donors (Lipinski definition) is 2. The van der Waals surface area contributed by atoms with Crippen molar-refractivity contribution in [1.82, 2.24) is 14.9 Å². The molecule has 3 heterocycles. The molecule has 9 nitrogen and oxygen atoms in total. The molecule has 10 heteroatoms. The minimum absolute atomic E-state index is 0.0145. The van der Waals surface area contributed by atoms with E-state index in [0.29, 0.717) is 17.2 Å². The molecule has 4 aromatic rings. The van der Waals surface area contributed by atoms with Gasteiger partial charge in [0, 0.05) is 48.0 Å². The van der Waals surface area contributed by atoms with E-state index in [1.54, 1.807) is 18.3 Å². The Balaban J connectivity index is 1.62. The number of non-ortho nitro benzene ring substituents is 1. The number of nitro benzene ring substituents is 1. The number of benzene rings is 2. The fourth-order valence-corrected chi connectivity index (χ4v) is 5.08. The van der Waals surface area contributed by atoms with Crippen LogP contribution < -0.4 is 15.5 Å². The summed E-state index contributed by atoms with van der Waals surface area (Å²) in [5, 5.41) is 18.4. The second-order valence-corrected chi connectivity index (χ2v) is 9.36. The van der Waals surface area contributed by atoms with Gasteiger partial charge < -0.3 is 20.1 Å². The number of thiocarbonyl (C=S) groups is 1. The van der Waals surface area contributed by atoms with Crippen molar-refractivity contribution in [2.45, 2.75) is 32.4 Å². The molecule has 0 bridgehead atoms. The van der Waals surface area contributed by atoms with Crippen LogP contribution in [0.5, 0.6) is 0 Å². The molecule has 2 N–H and O–H groups in total. The van der Waals surface area contributed by atoms with E-state index >= 15 is 0 Å². The number of pyridine rings is 1. The molecule has 38 heavy (non-hydrogen) atoms. The summed E-state index contributed by atoms with van der Waals surface area (Å²) in [7, 11) is 0. The van der Waals surface area contributed by atoms with Gasteiger partial charge in [-0.25, -0.2) is 0 Å². The summed E-state index contributed by atoms with van der Waals surface area (Å²) in [6, 6.07) is 21.4. The molecule has 0 aliphatic carbocycles. The average Bonchev–Trinajstić information content (AvgIpc) is 3.54. The lowest BCUT2D eigenvalue weighted by Crippen LogP contribution is -2.30. The van der Waals surface area contributed by atoms with Gasteiger partial charge in [-0.2, -0.15) is 0 Å². The molecule has 1 saturated heterocycles. The fourth-order valence-electron chi connectivity index (χ4n) is 4.74. The van der Waals surface area contributed by atoms with Crippen molar-refractivity contribution in [1.29, 1.82) is 0 Å². The van der Waals surface area contributed by atoms with E-state index in [1.165, 1.54) is 6.07 Å². The van der Waals surface area contributed by atoms with E-state index < -0.39 is 4.92 Å². The molecule has 5 rings (SSSR count). The van der Waals surface area contributed by atoms with Gasteiger partial charge >= 0.3 is 0 Å². The highest BCUT2D eigenvalue weighted by atomic mass is 32.1. The number of aryl methyl sites for hydroxylation is 1. The van der Waals surface area contributed by atoms with Gasteiger partial charge in [-0.15, -0.1) is 0 Å². The van der Waals surface area contributed by atoms with E-state index in [9.17, 15) is 14.9 Å². The van der Waals surface area contributed by atoms with Crippen LogP contribution in [0.4, 0.5) is 17.1 Å². The number of nitrogens with zero attached hydrogens (tertiary/aromatic N) is 4. The third kappa shape index (κ3) is 4.73. The summed E-state index contributed by atoms with van der Waals surface area (Å²) >= 11 is 5.85. The van der Waals surface area contributed by atoms with Gasteiger partial charge in [-0.05, 0) is 73.2 Å². The Morgan fingerprint density at radius 2 is 1.95 bits per heavy atom. The minimum atomic E-state index is -0.399. The third-order valence-corrected chi connectivity index (χ3v) is 6.90. The lowest BCUT2D eigenvalue weighted by Gasteiger charge is -2.29. The number of aromatic nitrogens is 2. The maximum atomic E-state index is 12.0. The topological polar surface area (TPSA) is 105 Å². The molecule has 2 aromatic heterocycles. The van der Waals surface area contributed by atoms with Crippen molar-refractivity contribution in [3.63, 3.8) is 0 Å². The van der Waals surface area contributed by atoms with Gasteiger partial charge in [0.2, 0.25) is 5.91 Å². The number of carbonyl (C=O) groups is 1. The number of carbonyl (C=O) groups excluding carboxylic acids is 1. The van der Waals surface area contributed by atoms with Crippen LogP contribution in [0.1, 0.15) is 42.4 Å². The number of amides is 1. The molecule has 0 spiro atoms. The van der Waals surface area contributed by atoms with Gasteiger partial charge in [0.25, 0.3) is 5.69 Å². The maximum absolute atomic E-state index is 12.0. The molecule has 192 valence electrons. The second-order valence-electron chi connectivity index (χ2n) is 8.98. The van der Waals surface area contributed by atoms with Crippen LogP contribution in [0.15, 0.2) is 85.2 Å². The fraction of sp³-hybridized carbons (Fsp3) is 0.179. The molecule has 2 atom stereocenters. The van der Waals surface area contributed by atoms with Crippen LogP contribution in [-0.4, -0.2) is 25.5 Å². The van der Waals surface area contributed by atoms with Crippen molar-refractivity contribution in [3.05, 3.63) is 112 Å². The summed E-state index contributed by atoms with van der Waals surface area (Å²) in [6.45, 7) is 3.75. The van der Waals surface area contributed by atoms with Crippen molar-refractivity contribution in [2.24, 2.45) is 0 Å². The summed E-state index contributed by atoms with van der Waals surface area (Å²) in [5.41, 5.74) is 4.89. The van der Waals surface area contributed by atoms with E-state index in [0.717, 1.165) is 28.3 Å². The quantitative estimate of drug-likeness (QED) is 0.183. The largest absolute Gasteiger partial charge is 0.351 e. The van der Waals surface area contributed by atoms with Crippen LogP contribution in [0.2, 0.25) is 0 Å². The Labute approximate surface area is 225 Å². The van der Waals surface area contributed by atoms with Crippen LogP contribution in [-0.2, 0) is 4.79 Å². The first-order valence-corrected chi connectivity index (χ1v) is 12.6. The molecular weight excluding hydrogens is 500 g/mol. The highest BCUT2D eigenvalue weighted by molar-refractivity contribution is 7.80. The average molecular weight is 527 g/mol. The standard InChI is InChI=1S/C28H26N6O3S/c1-3-25(35)30-22-13-12-20(16-18(22)2)33-27(26(31-28(33)38)23-10-4-5-14-29-23)24-11-7-15-32(24)19-8-6-9-21(17-19)34(36)37/h4-17,26-27H,3H2,1-2H3,(H,30,35)(H,31,38)/t26-,27-/m1/s1. The van der Waals surface area contributed by atoms with Crippen molar-refractivity contribution < 1.29 is 9.72 Å². The number of anilines is 2. The van der Waals surface area contributed by atoms with Crippen LogP contribution in [0.3, 0.4) is 0 Å². The molecule has 0 saturated carbocycles. The monoisotopic (exact) mass is 526 g/mol. The zero-order chi connectivity index (χ0) is 26.8. The zero-order valence-corrected chi connectivity index (χ0v) is 21.7. The summed E-state index contributed by atoms with van der Waals surface area (Å²) < 4.78 is 1.94. The highest BCUT2D eigenvalue weighted by Gasteiger charge is 2.42. The lowest BCUT2D eigenvalue weighted by molar-refractivity contribution is -0.384. The summed E-state index contributed by atoms with van der Waals surface area (Å²) in [5.74, 6) is -0.0536. The highest BCUT2D eigenvalue weighted by Crippen LogP contribution is 2.43. The van der Waals surface area contributed by atoms with Gasteiger partial charge in [0.1, 0.15) is 6.04 Å². The Hall–Kier alpha value is -4.57. The van der Waals surface area contributed by atoms with Gasteiger partial charge in [0.15, 0.2) is 5.11 Å². The molecule has 2 aromatic carbocycles. The zero-order valence-electron chi connectivity index (χ0n) is 20.9. The first-order chi connectivity index (χ1) is 18.4. The Morgan fingerprint density at radius 3 is 2.66 bits per heavy atom. The first kappa shape index (κ1) is 25.1. The predicted molar refractivity (Wildman–Crippen MR) is 150 cm³/mol. The molecule has 1 aliphatic heterocycles. The van der Waals surface area contributed by atoms with Crippen LogP contribution >= 0.6 is 12.2 Å². The Kier molecular flexibility index (Phi) is 6.89. The van der Waals surface area contributed by atoms with E-state index in [4.69, 9.17) is 12.2 Å². The Morgan fingerprint density at radius 1 is 1.11 bits per heavy atom. The predicted octanol–water partition coefficient (Wildman–Crippen LogP) is 5.61. The second kappa shape index (κ2) is 10.4. The molecule has 0 radical (unpaired) electrons. The number of hydrogen-bond acceptors (Lipinski definition) is 5. The third-order valence-electron chi connectivity index (χ3n) is 6.58. The van der Waals surface area contributed by atoms with E-state index in [2.05, 4.69) is 15.6 Å². The molecular formula is C28H26N6O3S. The molecule has 1 fully saturated rings. The summed E-state index contributed by atoms with van der Waals surface area (Å²) in [6.07, 6.45) is 4.02. The van der Waals surface area contributed by atoms with Gasteiger partial charge in [0.05, 0.1) is 22.3 Å². The van der Waals surface area contributed by atoms with Gasteiger partial charge in [-0.1, -0.05) is 19.1 Å². The summed E-state index contributed by atoms with van der Waals surface area (Å²) in [4.78, 5) is 29.7. The number of nitro groups is 1. The maximum Gasteiger partial charge on any atom is 0.271 e. The van der Waals surface area contributed by atoms with E-state index in [1.807, 2.05) is 84.1 Å². The smallest absolute Gasteiger partial charge is 0.271 e. The van der Waals surface area contributed by atoms with Gasteiger partial charge in [-0.3, -0.25) is 19.9 Å². The molecule has 1 aliphatic rings. The SMILES string of the molecule is CCC(=O)Nc1ccc(N2C(=S)N[C@H](c3ccccn3)[C@H]2c2cccn2-c2cccc([N+](=O)[O-])c2)cc1C. The minimum Gasteiger partial charge on any atom is -0.351 e. The van der Waals surface area contributed by atoms with E-state index in [-0.39, 0.29) is 23.7 Å². The number of nitrogens with one attached hydrogen (secondary N) is 2. The number of rotatable bonds is 7. The first-order valence-electron chi connectivity index (χ1n) is 12.2. The Bertz CT molecular complexity index is 1520. The lowest BCUT2D eigenvalue weighted by atomic mass is 10.00. The van der Waals surface area contributed by atoms with Crippen LogP contribution in [0, 0.1) is 17.0 Å². The van der Waals surface area contributed by atoms with Crippen LogP contribution in [0.25, 0.3) is 5.69 Å². The normalized spacial score (nSPS) is 16.8. The van der Waals surface area contributed by atoms with Crippen molar-refractivity contribution in [3.8, 4) is 5.69 Å². The molecule has 0 unspecified atom stereocenters. The molecule has 1 amide bonds. The van der Waals surface area contributed by atoms with Crippen molar-refractivity contribution >= 4 is 40.3 Å².